The third-order valence-corrected chi connectivity index (χ3v) is 8.36. The maximum absolute atomic E-state index is 2.70. The van der Waals surface area contributed by atoms with E-state index in [1.54, 1.807) is 51.4 Å². The van der Waals surface area contributed by atoms with Crippen LogP contribution in [-0.4, -0.2) is 0 Å². The molecule has 4 saturated carbocycles. The summed E-state index contributed by atoms with van der Waals surface area (Å²) in [6.45, 7) is 5.33. The number of hydrogen-bond acceptors (Lipinski definition) is 0. The van der Waals surface area contributed by atoms with E-state index in [1.807, 2.05) is 0 Å². The van der Waals surface area contributed by atoms with Crippen molar-refractivity contribution in [1.29, 1.82) is 0 Å². The Morgan fingerprint density at radius 3 is 2.47 bits per heavy atom. The lowest BCUT2D eigenvalue weighted by molar-refractivity contribution is -0.103. The van der Waals surface area contributed by atoms with Crippen molar-refractivity contribution in [2.45, 2.75) is 84.5 Å². The van der Waals surface area contributed by atoms with Gasteiger partial charge in [0.25, 0.3) is 0 Å². The van der Waals surface area contributed by atoms with Crippen LogP contribution in [0, 0.1) is 34.5 Å². The highest BCUT2D eigenvalue weighted by Gasteiger charge is 2.56. The zero-order chi connectivity index (χ0) is 13.1. The molecular weight excluding hydrogens is 228 g/mol. The second-order valence-corrected chi connectivity index (χ2v) is 8.99. The van der Waals surface area contributed by atoms with Gasteiger partial charge < -0.3 is 0 Å². The second kappa shape index (κ2) is 4.25. The van der Waals surface area contributed by atoms with E-state index in [1.165, 1.54) is 19.3 Å². The third-order valence-electron chi connectivity index (χ3n) is 8.36. The van der Waals surface area contributed by atoms with Crippen molar-refractivity contribution in [3.8, 4) is 0 Å². The molecule has 0 heteroatoms. The summed E-state index contributed by atoms with van der Waals surface area (Å²) < 4.78 is 0. The van der Waals surface area contributed by atoms with Crippen LogP contribution in [0.2, 0.25) is 0 Å². The molecule has 6 atom stereocenters. The Bertz CT molecular complexity index is 359. The lowest BCUT2D eigenvalue weighted by Crippen LogP contribution is -2.51. The Kier molecular flexibility index (Phi) is 2.84. The maximum atomic E-state index is 2.70. The van der Waals surface area contributed by atoms with Crippen LogP contribution in [-0.2, 0) is 0 Å². The molecule has 0 amide bonds. The summed E-state index contributed by atoms with van der Waals surface area (Å²) in [6, 6.07) is 0. The Labute approximate surface area is 119 Å². The van der Waals surface area contributed by atoms with Gasteiger partial charge in [-0.1, -0.05) is 33.1 Å². The van der Waals surface area contributed by atoms with E-state index in [9.17, 15) is 0 Å². The van der Waals surface area contributed by atoms with Gasteiger partial charge in [0.05, 0.1) is 0 Å². The molecular formula is C19H32. The fourth-order valence-electron chi connectivity index (χ4n) is 7.29. The zero-order valence-electron chi connectivity index (χ0n) is 13.1. The summed E-state index contributed by atoms with van der Waals surface area (Å²) in [4.78, 5) is 0. The first kappa shape index (κ1) is 12.7. The minimum absolute atomic E-state index is 0.741. The molecule has 108 valence electrons. The second-order valence-electron chi connectivity index (χ2n) is 8.99. The maximum Gasteiger partial charge on any atom is -0.0266 e. The first-order chi connectivity index (χ1) is 9.13. The largest absolute Gasteiger partial charge is 0.0594 e. The van der Waals surface area contributed by atoms with Crippen LogP contribution in [0.1, 0.15) is 84.5 Å². The number of fused-ring (bicyclic) bond motifs is 5. The van der Waals surface area contributed by atoms with E-state index < -0.39 is 0 Å². The fourth-order valence-corrected chi connectivity index (χ4v) is 7.29. The third kappa shape index (κ3) is 1.70. The highest BCUT2D eigenvalue weighted by molar-refractivity contribution is 5.06. The van der Waals surface area contributed by atoms with Crippen LogP contribution in [0.15, 0.2) is 0 Å². The molecule has 4 aliphatic carbocycles. The van der Waals surface area contributed by atoms with Gasteiger partial charge in [0, 0.05) is 0 Å². The fraction of sp³-hybridized carbons (Fsp3) is 1.00. The molecule has 4 aliphatic rings. The van der Waals surface area contributed by atoms with E-state index in [0.29, 0.717) is 0 Å². The van der Waals surface area contributed by atoms with Crippen molar-refractivity contribution in [3.05, 3.63) is 0 Å². The lowest BCUT2D eigenvalue weighted by Gasteiger charge is -2.60. The molecule has 0 radical (unpaired) electrons. The van der Waals surface area contributed by atoms with E-state index >= 15 is 0 Å². The van der Waals surface area contributed by atoms with Crippen LogP contribution >= 0.6 is 0 Å². The van der Waals surface area contributed by atoms with Crippen LogP contribution in [0.5, 0.6) is 0 Å². The highest BCUT2D eigenvalue weighted by atomic mass is 14.6. The Morgan fingerprint density at radius 1 is 0.684 bits per heavy atom. The van der Waals surface area contributed by atoms with E-state index in [-0.39, 0.29) is 0 Å². The van der Waals surface area contributed by atoms with Crippen LogP contribution < -0.4 is 0 Å². The molecule has 0 spiro atoms. The Balaban J connectivity index is 1.64. The summed E-state index contributed by atoms with van der Waals surface area (Å²) >= 11 is 0. The van der Waals surface area contributed by atoms with Gasteiger partial charge in [0.15, 0.2) is 0 Å². The quantitative estimate of drug-likeness (QED) is 0.515. The summed E-state index contributed by atoms with van der Waals surface area (Å²) in [5.74, 6) is 4.41. The minimum atomic E-state index is 0.741. The molecule has 0 heterocycles. The molecule has 0 aromatic rings. The van der Waals surface area contributed by atoms with Gasteiger partial charge in [-0.2, -0.15) is 0 Å². The molecule has 0 aliphatic heterocycles. The molecule has 0 saturated heterocycles. The first-order valence-electron chi connectivity index (χ1n) is 9.13. The number of hydrogen-bond donors (Lipinski definition) is 0. The molecule has 0 N–H and O–H groups in total. The van der Waals surface area contributed by atoms with Gasteiger partial charge in [-0.3, -0.25) is 0 Å². The smallest absolute Gasteiger partial charge is 0.0266 e. The highest BCUT2D eigenvalue weighted by Crippen LogP contribution is 2.66. The van der Waals surface area contributed by atoms with Crippen molar-refractivity contribution >= 4 is 0 Å². The summed E-state index contributed by atoms with van der Waals surface area (Å²) in [5.41, 5.74) is 1.49. The molecule has 0 bridgehead atoms. The molecule has 0 aromatic heterocycles. The molecule has 0 unspecified atom stereocenters. The summed E-state index contributed by atoms with van der Waals surface area (Å²) in [7, 11) is 0. The van der Waals surface area contributed by atoms with E-state index in [2.05, 4.69) is 13.8 Å². The van der Waals surface area contributed by atoms with E-state index in [4.69, 9.17) is 0 Å². The minimum Gasteiger partial charge on any atom is -0.0594 e. The zero-order valence-corrected chi connectivity index (χ0v) is 13.1. The first-order valence-corrected chi connectivity index (χ1v) is 9.13. The summed E-state index contributed by atoms with van der Waals surface area (Å²) in [5, 5.41) is 0. The SMILES string of the molecule is C[C@@]12CCC[C@@H]1[C@H]1CC[C@@H]3CCCC[C@]3(C)[C@@H]1CC2. The predicted molar refractivity (Wildman–Crippen MR) is 81.0 cm³/mol. The van der Waals surface area contributed by atoms with Crippen molar-refractivity contribution in [2.24, 2.45) is 34.5 Å². The van der Waals surface area contributed by atoms with Gasteiger partial charge in [-0.15, -0.1) is 0 Å². The van der Waals surface area contributed by atoms with Crippen molar-refractivity contribution in [1.82, 2.24) is 0 Å². The van der Waals surface area contributed by atoms with Crippen molar-refractivity contribution < 1.29 is 0 Å². The van der Waals surface area contributed by atoms with Gasteiger partial charge in [0.2, 0.25) is 0 Å². The van der Waals surface area contributed by atoms with Crippen LogP contribution in [0.3, 0.4) is 0 Å². The van der Waals surface area contributed by atoms with Gasteiger partial charge >= 0.3 is 0 Å². The van der Waals surface area contributed by atoms with Crippen molar-refractivity contribution in [2.75, 3.05) is 0 Å². The predicted octanol–water partition coefficient (Wildman–Crippen LogP) is 5.81. The average molecular weight is 260 g/mol. The van der Waals surface area contributed by atoms with Crippen LogP contribution in [0.25, 0.3) is 0 Å². The topological polar surface area (TPSA) is 0 Å². The van der Waals surface area contributed by atoms with Crippen molar-refractivity contribution in [3.63, 3.8) is 0 Å². The Morgan fingerprint density at radius 2 is 1.58 bits per heavy atom. The molecule has 0 nitrogen and oxygen atoms in total. The Hall–Kier alpha value is 0. The van der Waals surface area contributed by atoms with E-state index in [0.717, 1.165) is 34.5 Å². The average Bonchev–Trinajstić information content (AvgIpc) is 2.79. The molecule has 4 rings (SSSR count). The number of rotatable bonds is 0. The molecule has 19 heavy (non-hydrogen) atoms. The monoisotopic (exact) mass is 260 g/mol. The van der Waals surface area contributed by atoms with Gasteiger partial charge in [0.1, 0.15) is 0 Å². The molecule has 4 fully saturated rings. The molecule has 0 aromatic carbocycles. The van der Waals surface area contributed by atoms with Crippen LogP contribution in [0.4, 0.5) is 0 Å². The standard InChI is InChI=1S/C19H32/c1-18-11-5-7-16(18)15-9-8-14-6-3-4-12-19(14,2)17(15)10-13-18/h14-17H,3-13H2,1-2H3/t14-,15+,16+,17+,18-,19-/m0/s1. The normalized spacial score (nSPS) is 57.2. The summed E-state index contributed by atoms with van der Waals surface area (Å²) in [6.07, 6.45) is 17.1. The van der Waals surface area contributed by atoms with Gasteiger partial charge in [-0.05, 0) is 85.9 Å². The lowest BCUT2D eigenvalue weighted by atomic mass is 9.45. The van der Waals surface area contributed by atoms with Gasteiger partial charge in [-0.25, -0.2) is 0 Å².